The summed E-state index contributed by atoms with van der Waals surface area (Å²) in [6.45, 7) is 0. The molecule has 7 heteroatoms. The number of sulfonamides is 1. The maximum atomic E-state index is 12.2. The number of para-hydroxylation sites is 1. The van der Waals surface area contributed by atoms with Gasteiger partial charge >= 0.3 is 0 Å². The Hall–Kier alpha value is -2.12. The zero-order chi connectivity index (χ0) is 14.2. The molecule has 0 saturated heterocycles. The van der Waals surface area contributed by atoms with Gasteiger partial charge in [-0.15, -0.1) is 11.3 Å². The van der Waals surface area contributed by atoms with Gasteiger partial charge in [0.25, 0.3) is 10.0 Å². The molecule has 2 heterocycles. The third-order valence-electron chi connectivity index (χ3n) is 2.70. The molecule has 5 nitrogen and oxygen atoms in total. The fraction of sp³-hybridized carbons (Fsp3) is 0. The van der Waals surface area contributed by atoms with Crippen LogP contribution < -0.4 is 10.5 Å². The minimum atomic E-state index is -3.61. The normalized spacial score (nSPS) is 11.6. The molecule has 0 aliphatic carbocycles. The van der Waals surface area contributed by atoms with E-state index in [1.165, 1.54) is 12.3 Å². The van der Waals surface area contributed by atoms with Crippen molar-refractivity contribution in [1.29, 1.82) is 0 Å². The molecular weight excluding hydrogens is 294 g/mol. The number of benzene rings is 1. The van der Waals surface area contributed by atoms with Crippen LogP contribution in [-0.4, -0.2) is 13.4 Å². The van der Waals surface area contributed by atoms with Crippen LogP contribution in [0.4, 0.5) is 11.4 Å². The number of hydrogen-bond acceptors (Lipinski definition) is 5. The predicted molar refractivity (Wildman–Crippen MR) is 81.3 cm³/mol. The van der Waals surface area contributed by atoms with Crippen molar-refractivity contribution >= 4 is 43.6 Å². The molecule has 0 spiro atoms. The molecule has 0 fully saturated rings. The molecule has 0 radical (unpaired) electrons. The van der Waals surface area contributed by atoms with E-state index < -0.39 is 10.0 Å². The first-order valence-corrected chi connectivity index (χ1v) is 8.12. The molecule has 0 amide bonds. The second-order valence-electron chi connectivity index (χ2n) is 4.22. The number of hydrogen-bond donors (Lipinski definition) is 2. The smallest absolute Gasteiger partial charge is 0.271 e. The molecule has 20 heavy (non-hydrogen) atoms. The van der Waals surface area contributed by atoms with E-state index in [0.29, 0.717) is 11.4 Å². The van der Waals surface area contributed by atoms with Gasteiger partial charge in [-0.3, -0.25) is 9.71 Å². The quantitative estimate of drug-likeness (QED) is 0.779. The summed E-state index contributed by atoms with van der Waals surface area (Å²) >= 11 is 1.08. The first-order chi connectivity index (χ1) is 9.54. The summed E-state index contributed by atoms with van der Waals surface area (Å²) in [4.78, 5) is 4.22. The Morgan fingerprint density at radius 2 is 2.00 bits per heavy atom. The number of rotatable bonds is 3. The molecule has 0 bridgehead atoms. The number of fused-ring (bicyclic) bond motifs is 1. The van der Waals surface area contributed by atoms with Crippen molar-refractivity contribution in [2.45, 2.75) is 4.21 Å². The van der Waals surface area contributed by atoms with Gasteiger partial charge in [0.05, 0.1) is 17.4 Å². The lowest BCUT2D eigenvalue weighted by atomic mass is 10.2. The Morgan fingerprint density at radius 3 is 2.75 bits per heavy atom. The molecule has 102 valence electrons. The number of thiophene rings is 1. The summed E-state index contributed by atoms with van der Waals surface area (Å²) in [5.41, 5.74) is 7.23. The highest BCUT2D eigenvalue weighted by molar-refractivity contribution is 7.94. The molecule has 0 aliphatic heterocycles. The minimum absolute atomic E-state index is 0.183. The van der Waals surface area contributed by atoms with Gasteiger partial charge in [-0.05, 0) is 18.2 Å². The topological polar surface area (TPSA) is 85.1 Å². The lowest BCUT2D eigenvalue weighted by Gasteiger charge is -2.06. The zero-order valence-electron chi connectivity index (χ0n) is 10.3. The fourth-order valence-corrected chi connectivity index (χ4v) is 3.92. The van der Waals surface area contributed by atoms with Crippen molar-refractivity contribution in [1.82, 2.24) is 4.98 Å². The number of nitrogens with two attached hydrogens (primary N) is 1. The molecule has 0 aliphatic rings. The van der Waals surface area contributed by atoms with Crippen LogP contribution in [0.2, 0.25) is 0 Å². The van der Waals surface area contributed by atoms with Gasteiger partial charge in [0, 0.05) is 16.5 Å². The second kappa shape index (κ2) is 4.77. The predicted octanol–water partition coefficient (Wildman–Crippen LogP) is 2.68. The lowest BCUT2D eigenvalue weighted by Crippen LogP contribution is -2.11. The van der Waals surface area contributed by atoms with E-state index >= 15 is 0 Å². The summed E-state index contributed by atoms with van der Waals surface area (Å²) in [6.07, 6.45) is 1.50. The standard InChI is InChI=1S/C13H11N3O2S2/c14-10-6-13(19-8-10)20(17,18)16-11-5-9-3-1-2-4-12(9)15-7-11/h1-8,16H,14H2. The van der Waals surface area contributed by atoms with E-state index in [1.807, 2.05) is 24.3 Å². The number of nitrogens with one attached hydrogen (secondary N) is 1. The third-order valence-corrected chi connectivity index (χ3v) is 5.54. The first-order valence-electron chi connectivity index (χ1n) is 5.76. The minimum Gasteiger partial charge on any atom is -0.398 e. The van der Waals surface area contributed by atoms with Gasteiger partial charge in [0.15, 0.2) is 0 Å². The Labute approximate surface area is 120 Å². The van der Waals surface area contributed by atoms with E-state index in [4.69, 9.17) is 5.73 Å². The Morgan fingerprint density at radius 1 is 1.20 bits per heavy atom. The lowest BCUT2D eigenvalue weighted by molar-refractivity contribution is 0.603. The van der Waals surface area contributed by atoms with E-state index in [0.717, 1.165) is 22.2 Å². The van der Waals surface area contributed by atoms with Gasteiger partial charge in [-0.2, -0.15) is 0 Å². The van der Waals surface area contributed by atoms with Crippen LogP contribution in [0.25, 0.3) is 10.9 Å². The molecule has 3 N–H and O–H groups in total. The molecule has 0 saturated carbocycles. The summed E-state index contributed by atoms with van der Waals surface area (Å²) < 4.78 is 27.0. The van der Waals surface area contributed by atoms with Crippen LogP contribution in [-0.2, 0) is 10.0 Å². The highest BCUT2D eigenvalue weighted by Crippen LogP contribution is 2.25. The Bertz CT molecular complexity index is 872. The molecule has 3 rings (SSSR count). The largest absolute Gasteiger partial charge is 0.398 e. The molecular formula is C13H11N3O2S2. The summed E-state index contributed by atoms with van der Waals surface area (Å²) in [5.74, 6) is 0. The van der Waals surface area contributed by atoms with Crippen molar-refractivity contribution in [3.8, 4) is 0 Å². The van der Waals surface area contributed by atoms with Crippen molar-refractivity contribution in [3.63, 3.8) is 0 Å². The number of aromatic nitrogens is 1. The van der Waals surface area contributed by atoms with Gasteiger partial charge in [-0.1, -0.05) is 18.2 Å². The van der Waals surface area contributed by atoms with Crippen molar-refractivity contribution < 1.29 is 8.42 Å². The van der Waals surface area contributed by atoms with Gasteiger partial charge in [0.1, 0.15) is 4.21 Å². The second-order valence-corrected chi connectivity index (χ2v) is 7.04. The van der Waals surface area contributed by atoms with Crippen LogP contribution in [0.3, 0.4) is 0 Å². The summed E-state index contributed by atoms with van der Waals surface area (Å²) in [7, 11) is -3.61. The van der Waals surface area contributed by atoms with Crippen molar-refractivity contribution in [2.24, 2.45) is 0 Å². The van der Waals surface area contributed by atoms with Crippen molar-refractivity contribution in [2.75, 3.05) is 10.5 Å². The van der Waals surface area contributed by atoms with Crippen LogP contribution in [0.15, 0.2) is 52.2 Å². The van der Waals surface area contributed by atoms with Crippen LogP contribution in [0, 0.1) is 0 Å². The molecule has 1 aromatic carbocycles. The van der Waals surface area contributed by atoms with Gasteiger partial charge in [-0.25, -0.2) is 8.42 Å². The van der Waals surface area contributed by atoms with E-state index in [-0.39, 0.29) is 4.21 Å². The number of pyridine rings is 1. The average Bonchev–Trinajstić information content (AvgIpc) is 2.86. The molecule has 2 aromatic heterocycles. The average molecular weight is 305 g/mol. The van der Waals surface area contributed by atoms with Gasteiger partial charge in [0.2, 0.25) is 0 Å². The Balaban J connectivity index is 1.96. The summed E-state index contributed by atoms with van der Waals surface area (Å²) in [6, 6.07) is 10.7. The number of nitrogens with zero attached hydrogens (tertiary/aromatic N) is 1. The SMILES string of the molecule is Nc1csc(S(=O)(=O)Nc2cnc3ccccc3c2)c1. The van der Waals surface area contributed by atoms with Crippen LogP contribution in [0.5, 0.6) is 0 Å². The van der Waals surface area contributed by atoms with E-state index in [9.17, 15) is 8.42 Å². The molecule has 0 unspecified atom stereocenters. The first kappa shape index (κ1) is 12.9. The third kappa shape index (κ3) is 2.45. The maximum absolute atomic E-state index is 12.2. The highest BCUT2D eigenvalue weighted by atomic mass is 32.2. The van der Waals surface area contributed by atoms with Crippen LogP contribution >= 0.6 is 11.3 Å². The van der Waals surface area contributed by atoms with Gasteiger partial charge < -0.3 is 5.73 Å². The van der Waals surface area contributed by atoms with E-state index in [1.54, 1.807) is 11.4 Å². The zero-order valence-corrected chi connectivity index (χ0v) is 11.9. The maximum Gasteiger partial charge on any atom is 0.271 e. The fourth-order valence-electron chi connectivity index (χ4n) is 1.80. The van der Waals surface area contributed by atoms with Crippen LogP contribution in [0.1, 0.15) is 0 Å². The highest BCUT2D eigenvalue weighted by Gasteiger charge is 2.16. The van der Waals surface area contributed by atoms with E-state index in [2.05, 4.69) is 9.71 Å². The monoisotopic (exact) mass is 305 g/mol. The van der Waals surface area contributed by atoms with Crippen molar-refractivity contribution in [3.05, 3.63) is 48.0 Å². The number of nitrogen functional groups attached to an aromatic ring is 1. The molecule has 0 atom stereocenters. The molecule has 3 aromatic rings. The summed E-state index contributed by atoms with van der Waals surface area (Å²) in [5, 5.41) is 2.46. The number of anilines is 2. The Kier molecular flexibility index (Phi) is 3.07.